The van der Waals surface area contributed by atoms with Crippen LogP contribution in [0.4, 0.5) is 0 Å². The number of hydrogen-bond acceptors (Lipinski definition) is 3. The largest absolute Gasteiger partial charge is 0.483 e. The molecule has 0 aliphatic rings. The van der Waals surface area contributed by atoms with Gasteiger partial charge in [-0.2, -0.15) is 5.10 Å². The number of fused-ring (bicyclic) bond motifs is 1. The van der Waals surface area contributed by atoms with Crippen LogP contribution < -0.4 is 10.2 Å². The second kappa shape index (κ2) is 7.13. The normalized spacial score (nSPS) is 12.3. The maximum atomic E-state index is 11.9. The lowest BCUT2D eigenvalue weighted by molar-refractivity contribution is -0.123. The van der Waals surface area contributed by atoms with Crippen LogP contribution in [0.2, 0.25) is 0 Å². The fraction of sp³-hybridized carbons (Fsp3) is 0.333. The van der Waals surface area contributed by atoms with Crippen molar-refractivity contribution in [2.75, 3.05) is 6.61 Å². The van der Waals surface area contributed by atoms with Gasteiger partial charge in [-0.1, -0.05) is 51.1 Å². The van der Waals surface area contributed by atoms with Gasteiger partial charge in [0.15, 0.2) is 6.61 Å². The smallest absolute Gasteiger partial charge is 0.277 e. The van der Waals surface area contributed by atoms with Gasteiger partial charge in [-0.15, -0.1) is 0 Å². The number of rotatable bonds is 4. The molecule has 1 amide bonds. The summed E-state index contributed by atoms with van der Waals surface area (Å²) >= 11 is 3.54. The van der Waals surface area contributed by atoms with Crippen molar-refractivity contribution in [2.24, 2.45) is 10.5 Å². The van der Waals surface area contributed by atoms with Gasteiger partial charge in [0.25, 0.3) is 5.91 Å². The van der Waals surface area contributed by atoms with E-state index in [4.69, 9.17) is 4.74 Å². The van der Waals surface area contributed by atoms with Crippen molar-refractivity contribution in [3.8, 4) is 5.75 Å². The summed E-state index contributed by atoms with van der Waals surface area (Å²) in [5, 5.41) is 6.27. The number of nitrogens with zero attached hydrogens (tertiary/aromatic N) is 1. The standard InChI is InChI=1S/C18H21BrN2O2/c1-12(18(2,3)4)20-21-16(22)11-23-15-10-9-13-7-5-6-8-14(13)17(15)19/h5-10H,11H2,1-4H3,(H,21,22). The van der Waals surface area contributed by atoms with Crippen molar-refractivity contribution in [1.82, 2.24) is 5.43 Å². The molecule has 23 heavy (non-hydrogen) atoms. The first-order chi connectivity index (χ1) is 10.8. The zero-order chi connectivity index (χ0) is 17.0. The van der Waals surface area contributed by atoms with Crippen molar-refractivity contribution >= 4 is 38.3 Å². The molecule has 1 N–H and O–H groups in total. The van der Waals surface area contributed by atoms with E-state index >= 15 is 0 Å². The molecule has 5 heteroatoms. The number of benzene rings is 2. The SMILES string of the molecule is CC(=NNC(=O)COc1ccc2ccccc2c1Br)C(C)(C)C. The third kappa shape index (κ3) is 4.55. The van der Waals surface area contributed by atoms with Gasteiger partial charge in [0.1, 0.15) is 5.75 Å². The summed E-state index contributed by atoms with van der Waals surface area (Å²) in [4.78, 5) is 11.9. The quantitative estimate of drug-likeness (QED) is 0.629. The van der Waals surface area contributed by atoms with Crippen molar-refractivity contribution in [2.45, 2.75) is 27.7 Å². The van der Waals surface area contributed by atoms with E-state index in [1.807, 2.05) is 64.1 Å². The van der Waals surface area contributed by atoms with E-state index in [1.165, 1.54) is 0 Å². The Balaban J connectivity index is 2.01. The summed E-state index contributed by atoms with van der Waals surface area (Å²) in [6, 6.07) is 11.8. The predicted octanol–water partition coefficient (Wildman–Crippen LogP) is 4.52. The average molecular weight is 377 g/mol. The van der Waals surface area contributed by atoms with Crippen LogP contribution in [0, 0.1) is 5.41 Å². The first-order valence-electron chi connectivity index (χ1n) is 7.42. The van der Waals surface area contributed by atoms with Gasteiger partial charge in [-0.3, -0.25) is 4.79 Å². The monoisotopic (exact) mass is 376 g/mol. The van der Waals surface area contributed by atoms with Crippen LogP contribution in [0.25, 0.3) is 10.8 Å². The number of carbonyl (C=O) groups excluding carboxylic acids is 1. The van der Waals surface area contributed by atoms with E-state index in [1.54, 1.807) is 0 Å². The fourth-order valence-electron chi connectivity index (χ4n) is 1.81. The highest BCUT2D eigenvalue weighted by Crippen LogP contribution is 2.32. The molecule has 0 spiro atoms. The van der Waals surface area contributed by atoms with Gasteiger partial charge in [0.2, 0.25) is 0 Å². The molecule has 0 radical (unpaired) electrons. The highest BCUT2D eigenvalue weighted by molar-refractivity contribution is 9.10. The van der Waals surface area contributed by atoms with Gasteiger partial charge in [0, 0.05) is 11.1 Å². The Morgan fingerprint density at radius 1 is 1.22 bits per heavy atom. The van der Waals surface area contributed by atoms with E-state index in [2.05, 4.69) is 26.5 Å². The minimum absolute atomic E-state index is 0.0739. The van der Waals surface area contributed by atoms with Crippen LogP contribution >= 0.6 is 15.9 Å². The van der Waals surface area contributed by atoms with E-state index in [0.29, 0.717) is 5.75 Å². The minimum atomic E-state index is -0.284. The molecule has 0 aromatic heterocycles. The lowest BCUT2D eigenvalue weighted by Crippen LogP contribution is -2.28. The van der Waals surface area contributed by atoms with E-state index in [9.17, 15) is 4.79 Å². The number of halogens is 1. The Labute approximate surface area is 145 Å². The minimum Gasteiger partial charge on any atom is -0.483 e. The van der Waals surface area contributed by atoms with E-state index in [0.717, 1.165) is 21.0 Å². The molecular weight excluding hydrogens is 356 g/mol. The fourth-order valence-corrected chi connectivity index (χ4v) is 2.42. The van der Waals surface area contributed by atoms with Gasteiger partial charge in [-0.05, 0) is 39.7 Å². The number of hydrogen-bond donors (Lipinski definition) is 1. The molecule has 0 saturated carbocycles. The predicted molar refractivity (Wildman–Crippen MR) is 97.8 cm³/mol. The zero-order valence-electron chi connectivity index (χ0n) is 13.8. The van der Waals surface area contributed by atoms with Crippen LogP contribution in [0.3, 0.4) is 0 Å². The van der Waals surface area contributed by atoms with E-state index < -0.39 is 0 Å². The molecule has 0 bridgehead atoms. The summed E-state index contributed by atoms with van der Waals surface area (Å²) in [5.41, 5.74) is 3.31. The third-order valence-electron chi connectivity index (χ3n) is 3.62. The third-order valence-corrected chi connectivity index (χ3v) is 4.44. The molecule has 122 valence electrons. The average Bonchev–Trinajstić information content (AvgIpc) is 2.51. The first kappa shape index (κ1) is 17.5. The molecule has 4 nitrogen and oxygen atoms in total. The summed E-state index contributed by atoms with van der Waals surface area (Å²) < 4.78 is 6.44. The maximum Gasteiger partial charge on any atom is 0.277 e. The number of amides is 1. The molecule has 0 heterocycles. The van der Waals surface area contributed by atoms with Crippen molar-refractivity contribution < 1.29 is 9.53 Å². The number of nitrogens with one attached hydrogen (secondary N) is 1. The second-order valence-corrected chi connectivity index (χ2v) is 7.16. The number of ether oxygens (including phenoxy) is 1. The molecule has 2 rings (SSSR count). The van der Waals surface area contributed by atoms with Crippen LogP contribution in [-0.2, 0) is 4.79 Å². The summed E-state index contributed by atoms with van der Waals surface area (Å²) in [7, 11) is 0. The molecular formula is C18H21BrN2O2. The molecule has 2 aromatic carbocycles. The van der Waals surface area contributed by atoms with Crippen LogP contribution in [0.1, 0.15) is 27.7 Å². The van der Waals surface area contributed by atoms with Crippen molar-refractivity contribution in [3.05, 3.63) is 40.9 Å². The highest BCUT2D eigenvalue weighted by atomic mass is 79.9. The molecule has 2 aromatic rings. The summed E-state index contributed by atoms with van der Waals surface area (Å²) in [6.45, 7) is 7.93. The summed E-state index contributed by atoms with van der Waals surface area (Å²) in [6.07, 6.45) is 0. The van der Waals surface area contributed by atoms with Gasteiger partial charge < -0.3 is 4.74 Å². The Kier molecular flexibility index (Phi) is 5.42. The maximum absolute atomic E-state index is 11.9. The lowest BCUT2D eigenvalue weighted by atomic mass is 9.91. The molecule has 0 aliphatic carbocycles. The lowest BCUT2D eigenvalue weighted by Gasteiger charge is -2.17. The second-order valence-electron chi connectivity index (χ2n) is 6.37. The molecule has 0 aliphatic heterocycles. The van der Waals surface area contributed by atoms with Crippen LogP contribution in [0.15, 0.2) is 46.0 Å². The summed E-state index contributed by atoms with van der Waals surface area (Å²) in [5.74, 6) is 0.351. The number of hydrazone groups is 1. The molecule has 0 fully saturated rings. The van der Waals surface area contributed by atoms with E-state index in [-0.39, 0.29) is 17.9 Å². The molecule has 0 saturated heterocycles. The Morgan fingerprint density at radius 2 is 1.91 bits per heavy atom. The topological polar surface area (TPSA) is 50.7 Å². The zero-order valence-corrected chi connectivity index (χ0v) is 15.4. The Morgan fingerprint density at radius 3 is 2.61 bits per heavy atom. The van der Waals surface area contributed by atoms with Gasteiger partial charge >= 0.3 is 0 Å². The highest BCUT2D eigenvalue weighted by Gasteiger charge is 2.15. The molecule has 0 atom stereocenters. The van der Waals surface area contributed by atoms with Crippen LogP contribution in [0.5, 0.6) is 5.75 Å². The Bertz CT molecular complexity index is 748. The van der Waals surface area contributed by atoms with Crippen molar-refractivity contribution in [1.29, 1.82) is 0 Å². The van der Waals surface area contributed by atoms with Gasteiger partial charge in [0.05, 0.1) is 4.47 Å². The molecule has 0 unspecified atom stereocenters. The van der Waals surface area contributed by atoms with Crippen LogP contribution in [-0.4, -0.2) is 18.2 Å². The van der Waals surface area contributed by atoms with Gasteiger partial charge in [-0.25, -0.2) is 5.43 Å². The number of carbonyl (C=O) groups is 1. The Hall–Kier alpha value is -1.88. The first-order valence-corrected chi connectivity index (χ1v) is 8.22. The van der Waals surface area contributed by atoms with Crippen molar-refractivity contribution in [3.63, 3.8) is 0 Å².